The van der Waals surface area contributed by atoms with Gasteiger partial charge in [-0.1, -0.05) is 30.3 Å². The van der Waals surface area contributed by atoms with Crippen molar-refractivity contribution in [3.05, 3.63) is 88.8 Å². The van der Waals surface area contributed by atoms with Crippen LogP contribution in [0.4, 0.5) is 0 Å². The van der Waals surface area contributed by atoms with Crippen molar-refractivity contribution in [2.75, 3.05) is 6.61 Å². The highest BCUT2D eigenvalue weighted by molar-refractivity contribution is 8.27. The zero-order valence-corrected chi connectivity index (χ0v) is 19.9. The van der Waals surface area contributed by atoms with E-state index in [0.717, 1.165) is 34.0 Å². The first-order chi connectivity index (χ1) is 16.4. The van der Waals surface area contributed by atoms with Gasteiger partial charge in [-0.25, -0.2) is 0 Å². The van der Waals surface area contributed by atoms with Gasteiger partial charge in [-0.2, -0.15) is 15.1 Å². The number of amides is 1. The van der Waals surface area contributed by atoms with Gasteiger partial charge in [0.15, 0.2) is 5.84 Å². The number of nitrogens with zero attached hydrogens (tertiary/aromatic N) is 4. The van der Waals surface area contributed by atoms with Crippen LogP contribution in [0.25, 0.3) is 11.8 Å². The van der Waals surface area contributed by atoms with E-state index in [9.17, 15) is 4.79 Å². The molecule has 0 unspecified atom stereocenters. The number of benzene rings is 2. The van der Waals surface area contributed by atoms with Crippen molar-refractivity contribution in [2.24, 2.45) is 10.1 Å². The molecule has 0 saturated carbocycles. The number of aromatic nitrogens is 1. The maximum atomic E-state index is 12.8. The number of amidine groups is 2. The molecule has 0 bridgehead atoms. The predicted octanol–water partition coefficient (Wildman–Crippen LogP) is 5.10. The Morgan fingerprint density at radius 1 is 1.06 bits per heavy atom. The number of ether oxygens (including phenoxy) is 1. The van der Waals surface area contributed by atoms with Gasteiger partial charge >= 0.3 is 0 Å². The van der Waals surface area contributed by atoms with Crippen LogP contribution in [-0.2, 0) is 4.79 Å². The Labute approximate surface area is 202 Å². The summed E-state index contributed by atoms with van der Waals surface area (Å²) in [6.07, 6.45) is 1.73. The lowest BCUT2D eigenvalue weighted by Crippen LogP contribution is -2.35. The lowest BCUT2D eigenvalue weighted by Gasteiger charge is -2.20. The largest absolute Gasteiger partial charge is 0.487 e. The van der Waals surface area contributed by atoms with E-state index in [1.165, 1.54) is 16.8 Å². The summed E-state index contributed by atoms with van der Waals surface area (Å²) >= 11 is 1.25. The molecule has 34 heavy (non-hydrogen) atoms. The molecule has 0 spiro atoms. The molecule has 170 valence electrons. The Morgan fingerprint density at radius 3 is 2.62 bits per heavy atom. The van der Waals surface area contributed by atoms with E-state index in [-0.39, 0.29) is 18.0 Å². The molecule has 2 aliphatic heterocycles. The molecule has 2 aromatic carbocycles. The van der Waals surface area contributed by atoms with Crippen molar-refractivity contribution in [3.63, 3.8) is 0 Å². The van der Waals surface area contributed by atoms with Crippen molar-refractivity contribution < 1.29 is 9.53 Å². The van der Waals surface area contributed by atoms with Crippen molar-refractivity contribution in [2.45, 2.75) is 20.8 Å². The van der Waals surface area contributed by atoms with Gasteiger partial charge in [-0.15, -0.1) is 0 Å². The van der Waals surface area contributed by atoms with Crippen LogP contribution in [0.1, 0.15) is 22.5 Å². The lowest BCUT2D eigenvalue weighted by atomic mass is 10.1. The minimum absolute atomic E-state index is 0.0116. The molecule has 7 nitrogen and oxygen atoms in total. The zero-order chi connectivity index (χ0) is 23.8. The van der Waals surface area contributed by atoms with Crippen molar-refractivity contribution in [1.29, 1.82) is 5.41 Å². The third kappa shape index (κ3) is 4.08. The summed E-state index contributed by atoms with van der Waals surface area (Å²) in [5.41, 5.74) is 5.26. The van der Waals surface area contributed by atoms with E-state index in [1.807, 2.05) is 81.4 Å². The first-order valence-corrected chi connectivity index (χ1v) is 11.7. The molecule has 0 aliphatic carbocycles. The number of fused-ring (bicyclic) bond motifs is 1. The number of hydrogen-bond donors (Lipinski definition) is 1. The van der Waals surface area contributed by atoms with Crippen LogP contribution in [0, 0.1) is 26.2 Å². The molecular formula is C26H23N5O2S. The second-order valence-electron chi connectivity index (χ2n) is 8.12. The summed E-state index contributed by atoms with van der Waals surface area (Å²) in [5.74, 6) is 0.317. The number of carbonyl (C=O) groups excluding carboxylic acids is 1. The number of thioether (sulfide) groups is 1. The van der Waals surface area contributed by atoms with Gasteiger partial charge < -0.3 is 9.30 Å². The number of nitrogens with one attached hydrogen (secondary N) is 1. The smallest absolute Gasteiger partial charge is 0.283 e. The Kier molecular flexibility index (Phi) is 5.67. The molecule has 5 rings (SSSR count). The molecule has 0 atom stereocenters. The standard InChI is InChI=1S/C26H23N5O2S/c1-16-8-7-11-21(12-16)33-15-23-29-31-24(27)22(25(32)28-26(31)34-23)14-19-13-17(2)30(18(19)3)20-9-5-4-6-10-20/h4-14,27H,15H2,1-3H3/b22-14+,27-24?. The van der Waals surface area contributed by atoms with Crippen LogP contribution in [0.5, 0.6) is 5.75 Å². The van der Waals surface area contributed by atoms with Gasteiger partial charge in [-0.05, 0) is 80.1 Å². The second kappa shape index (κ2) is 8.79. The van der Waals surface area contributed by atoms with Gasteiger partial charge in [0.05, 0.1) is 5.57 Å². The van der Waals surface area contributed by atoms with Crippen LogP contribution >= 0.6 is 11.8 Å². The lowest BCUT2D eigenvalue weighted by molar-refractivity contribution is -0.114. The SMILES string of the molecule is Cc1cccc(OCC2=NN3C(=N)/C(=C\c4cc(C)n(-c5ccccc5)c4C)C(=O)N=C3S2)c1. The highest BCUT2D eigenvalue weighted by atomic mass is 32.2. The van der Waals surface area contributed by atoms with Crippen LogP contribution in [0.2, 0.25) is 0 Å². The van der Waals surface area contributed by atoms with Crippen molar-refractivity contribution >= 4 is 39.8 Å². The molecule has 3 heterocycles. The number of carbonyl (C=O) groups is 1. The van der Waals surface area contributed by atoms with Crippen LogP contribution in [0.3, 0.4) is 0 Å². The molecule has 1 amide bonds. The van der Waals surface area contributed by atoms with Crippen molar-refractivity contribution in [3.8, 4) is 11.4 Å². The van der Waals surface area contributed by atoms with Gasteiger partial charge in [0.1, 0.15) is 17.4 Å². The normalized spacial score (nSPS) is 16.6. The Hall–Kier alpha value is -3.91. The minimum Gasteiger partial charge on any atom is -0.487 e. The zero-order valence-electron chi connectivity index (χ0n) is 19.1. The van der Waals surface area contributed by atoms with Gasteiger partial charge in [0.2, 0.25) is 5.17 Å². The number of para-hydroxylation sites is 1. The summed E-state index contributed by atoms with van der Waals surface area (Å²) in [4.78, 5) is 17.0. The van der Waals surface area contributed by atoms with E-state index in [2.05, 4.69) is 14.7 Å². The fraction of sp³-hybridized carbons (Fsp3) is 0.154. The molecule has 0 fully saturated rings. The van der Waals surface area contributed by atoms with Crippen molar-refractivity contribution in [1.82, 2.24) is 9.58 Å². The van der Waals surface area contributed by atoms with Gasteiger partial charge in [0.25, 0.3) is 5.91 Å². The van der Waals surface area contributed by atoms with Crippen LogP contribution in [-0.4, -0.2) is 38.1 Å². The quantitative estimate of drug-likeness (QED) is 0.527. The van der Waals surface area contributed by atoms with E-state index < -0.39 is 5.91 Å². The highest BCUT2D eigenvalue weighted by Crippen LogP contribution is 2.30. The molecule has 0 saturated heterocycles. The van der Waals surface area contributed by atoms with E-state index in [1.54, 1.807) is 6.08 Å². The molecule has 1 N–H and O–H groups in total. The van der Waals surface area contributed by atoms with E-state index in [0.29, 0.717) is 10.2 Å². The minimum atomic E-state index is -0.440. The van der Waals surface area contributed by atoms with Crippen LogP contribution < -0.4 is 4.74 Å². The first kappa shape index (κ1) is 21.9. The van der Waals surface area contributed by atoms with Gasteiger partial charge in [-0.3, -0.25) is 10.2 Å². The Bertz CT molecular complexity index is 1400. The maximum absolute atomic E-state index is 12.8. The number of hydrogen-bond acceptors (Lipinski definition) is 5. The first-order valence-electron chi connectivity index (χ1n) is 10.8. The third-order valence-electron chi connectivity index (χ3n) is 5.63. The van der Waals surface area contributed by atoms with Crippen LogP contribution in [0.15, 0.2) is 76.3 Å². The molecule has 8 heteroatoms. The summed E-state index contributed by atoms with van der Waals surface area (Å²) in [6.45, 7) is 6.26. The second-order valence-corrected chi connectivity index (χ2v) is 9.16. The fourth-order valence-corrected chi connectivity index (χ4v) is 4.80. The average molecular weight is 470 g/mol. The predicted molar refractivity (Wildman–Crippen MR) is 137 cm³/mol. The average Bonchev–Trinajstić information content (AvgIpc) is 3.35. The molecule has 0 radical (unpaired) electrons. The van der Waals surface area contributed by atoms with E-state index in [4.69, 9.17) is 10.1 Å². The molecular weight excluding hydrogens is 446 g/mol. The van der Waals surface area contributed by atoms with E-state index >= 15 is 0 Å². The summed E-state index contributed by atoms with van der Waals surface area (Å²) in [5, 5.41) is 15.6. The Morgan fingerprint density at radius 2 is 1.85 bits per heavy atom. The monoisotopic (exact) mass is 469 g/mol. The number of hydrazone groups is 1. The third-order valence-corrected chi connectivity index (χ3v) is 6.51. The topological polar surface area (TPSA) is 83.0 Å². The molecule has 2 aliphatic rings. The number of aliphatic imine (C=N–C) groups is 1. The summed E-state index contributed by atoms with van der Waals surface area (Å²) < 4.78 is 7.96. The Balaban J connectivity index is 1.40. The fourth-order valence-electron chi connectivity index (χ4n) is 4.00. The summed E-state index contributed by atoms with van der Waals surface area (Å²) in [7, 11) is 0. The molecule has 1 aromatic heterocycles. The van der Waals surface area contributed by atoms with Gasteiger partial charge in [0, 0.05) is 17.1 Å². The number of aryl methyl sites for hydroxylation is 2. The maximum Gasteiger partial charge on any atom is 0.283 e. The highest BCUT2D eigenvalue weighted by Gasteiger charge is 2.36. The summed E-state index contributed by atoms with van der Waals surface area (Å²) in [6, 6.07) is 19.8. The number of rotatable bonds is 5. The molecule has 3 aromatic rings.